The predicted molar refractivity (Wildman–Crippen MR) is 89.8 cm³/mol. The smallest absolute Gasteiger partial charge is 0.227 e. The molecule has 1 aliphatic carbocycles. The molecule has 2 amide bonds. The molecular weight excluding hydrogens is 302 g/mol. The Morgan fingerprint density at radius 3 is 2.50 bits per heavy atom. The fourth-order valence-electron chi connectivity index (χ4n) is 3.56. The monoisotopic (exact) mass is 331 g/mol. The number of halogens is 1. The highest BCUT2D eigenvalue weighted by molar-refractivity contribution is 5.89. The molecule has 0 aromatic heterocycles. The topological polar surface area (TPSA) is 66.6 Å². The van der Waals surface area contributed by atoms with Crippen molar-refractivity contribution in [1.29, 1.82) is 0 Å². The molecule has 1 unspecified atom stereocenters. The van der Waals surface area contributed by atoms with Crippen LogP contribution < -0.4 is 5.73 Å². The molecule has 1 saturated carbocycles. The molecule has 2 rings (SSSR count). The van der Waals surface area contributed by atoms with Crippen molar-refractivity contribution in [3.05, 3.63) is 0 Å². The van der Waals surface area contributed by atoms with Gasteiger partial charge in [0.25, 0.3) is 0 Å². The van der Waals surface area contributed by atoms with E-state index in [1.807, 2.05) is 11.9 Å². The second-order valence-electron chi connectivity index (χ2n) is 7.45. The summed E-state index contributed by atoms with van der Waals surface area (Å²) in [5.74, 6) is 0.0776. The van der Waals surface area contributed by atoms with Gasteiger partial charge in [-0.3, -0.25) is 9.59 Å². The number of hydrogen-bond acceptors (Lipinski definition) is 3. The number of carbonyl (C=O) groups excluding carboxylic acids is 2. The van der Waals surface area contributed by atoms with E-state index in [-0.39, 0.29) is 35.6 Å². The number of nitrogens with zero attached hydrogens (tertiary/aromatic N) is 2. The first-order chi connectivity index (χ1) is 9.84. The Bertz CT molecular complexity index is 408. The van der Waals surface area contributed by atoms with Crippen molar-refractivity contribution < 1.29 is 9.59 Å². The number of likely N-dealkylation sites (tertiary alicyclic amines) is 1. The van der Waals surface area contributed by atoms with Gasteiger partial charge in [-0.25, -0.2) is 0 Å². The van der Waals surface area contributed by atoms with Gasteiger partial charge < -0.3 is 15.5 Å². The summed E-state index contributed by atoms with van der Waals surface area (Å²) in [6.45, 7) is 5.90. The Labute approximate surface area is 140 Å². The average Bonchev–Trinajstić information content (AvgIpc) is 3.06. The molecule has 1 atom stereocenters. The highest BCUT2D eigenvalue weighted by Crippen LogP contribution is 2.30. The van der Waals surface area contributed by atoms with Gasteiger partial charge in [0.1, 0.15) is 0 Å². The summed E-state index contributed by atoms with van der Waals surface area (Å²) in [6.07, 6.45) is 4.99. The summed E-state index contributed by atoms with van der Waals surface area (Å²) in [7, 11) is 1.82. The van der Waals surface area contributed by atoms with Crippen LogP contribution in [-0.4, -0.2) is 54.3 Å². The quantitative estimate of drug-likeness (QED) is 0.833. The summed E-state index contributed by atoms with van der Waals surface area (Å²) in [5.41, 5.74) is 5.65. The average molecular weight is 332 g/mol. The molecule has 2 fully saturated rings. The van der Waals surface area contributed by atoms with Crippen LogP contribution in [-0.2, 0) is 9.59 Å². The zero-order valence-corrected chi connectivity index (χ0v) is 14.8. The van der Waals surface area contributed by atoms with E-state index in [0.717, 1.165) is 12.8 Å². The molecule has 0 radical (unpaired) electrons. The molecule has 0 spiro atoms. The van der Waals surface area contributed by atoms with Crippen LogP contribution in [0.4, 0.5) is 0 Å². The summed E-state index contributed by atoms with van der Waals surface area (Å²) in [4.78, 5) is 28.4. The standard InChI is InChI=1S/C16H29N3O2.ClH/c1-16(2,10-17)11-18(3)15(21)12-8-14(20)19(9-12)13-6-4-5-7-13;/h12-13H,4-11,17H2,1-3H3;1H. The normalized spacial score (nSPS) is 22.8. The summed E-state index contributed by atoms with van der Waals surface area (Å²) >= 11 is 0. The van der Waals surface area contributed by atoms with Gasteiger partial charge in [-0.1, -0.05) is 26.7 Å². The van der Waals surface area contributed by atoms with E-state index < -0.39 is 0 Å². The second-order valence-corrected chi connectivity index (χ2v) is 7.45. The Kier molecular flexibility index (Phi) is 6.68. The van der Waals surface area contributed by atoms with Gasteiger partial charge >= 0.3 is 0 Å². The van der Waals surface area contributed by atoms with Gasteiger partial charge in [-0.15, -0.1) is 12.4 Å². The summed E-state index contributed by atoms with van der Waals surface area (Å²) < 4.78 is 0. The molecule has 2 aliphatic rings. The maximum Gasteiger partial charge on any atom is 0.227 e. The lowest BCUT2D eigenvalue weighted by atomic mass is 9.92. The molecule has 2 N–H and O–H groups in total. The van der Waals surface area contributed by atoms with Gasteiger partial charge in [0.05, 0.1) is 5.92 Å². The lowest BCUT2D eigenvalue weighted by Crippen LogP contribution is -2.43. The van der Waals surface area contributed by atoms with Crippen LogP contribution in [0.2, 0.25) is 0 Å². The first-order valence-corrected chi connectivity index (χ1v) is 8.08. The fraction of sp³-hybridized carbons (Fsp3) is 0.875. The highest BCUT2D eigenvalue weighted by Gasteiger charge is 2.40. The molecule has 22 heavy (non-hydrogen) atoms. The molecule has 1 saturated heterocycles. The van der Waals surface area contributed by atoms with Crippen LogP contribution in [0.25, 0.3) is 0 Å². The van der Waals surface area contributed by atoms with Crippen LogP contribution in [0, 0.1) is 11.3 Å². The van der Waals surface area contributed by atoms with Crippen molar-refractivity contribution in [2.24, 2.45) is 17.1 Å². The van der Waals surface area contributed by atoms with E-state index >= 15 is 0 Å². The third-order valence-electron chi connectivity index (χ3n) is 4.87. The van der Waals surface area contributed by atoms with Gasteiger partial charge in [0.2, 0.25) is 11.8 Å². The van der Waals surface area contributed by atoms with Crippen molar-refractivity contribution in [2.75, 3.05) is 26.7 Å². The SMILES string of the molecule is CN(CC(C)(C)CN)C(=O)C1CC(=O)N(C2CCCC2)C1.Cl. The Morgan fingerprint density at radius 2 is 1.95 bits per heavy atom. The number of carbonyl (C=O) groups is 2. The molecule has 5 nitrogen and oxygen atoms in total. The number of rotatable bonds is 5. The van der Waals surface area contributed by atoms with Crippen molar-refractivity contribution in [1.82, 2.24) is 9.80 Å². The van der Waals surface area contributed by atoms with Gasteiger partial charge in [0.15, 0.2) is 0 Å². The predicted octanol–water partition coefficient (Wildman–Crippen LogP) is 1.64. The second kappa shape index (κ2) is 7.64. The van der Waals surface area contributed by atoms with Gasteiger partial charge in [-0.2, -0.15) is 0 Å². The summed E-state index contributed by atoms with van der Waals surface area (Å²) in [5, 5.41) is 0. The lowest BCUT2D eigenvalue weighted by molar-refractivity contribution is -0.135. The zero-order chi connectivity index (χ0) is 15.6. The minimum Gasteiger partial charge on any atom is -0.345 e. The Hall–Kier alpha value is -0.810. The van der Waals surface area contributed by atoms with Gasteiger partial charge in [-0.05, 0) is 24.8 Å². The number of nitrogens with two attached hydrogens (primary N) is 1. The maximum absolute atomic E-state index is 12.6. The molecule has 1 aliphatic heterocycles. The molecule has 0 bridgehead atoms. The highest BCUT2D eigenvalue weighted by atomic mass is 35.5. The molecule has 1 heterocycles. The fourth-order valence-corrected chi connectivity index (χ4v) is 3.56. The molecule has 0 aromatic rings. The minimum absolute atomic E-state index is 0. The summed E-state index contributed by atoms with van der Waals surface area (Å²) in [6, 6.07) is 0.376. The van der Waals surface area contributed by atoms with E-state index in [1.54, 1.807) is 4.90 Å². The number of amides is 2. The van der Waals surface area contributed by atoms with E-state index in [9.17, 15) is 9.59 Å². The van der Waals surface area contributed by atoms with Crippen molar-refractivity contribution >= 4 is 24.2 Å². The van der Waals surface area contributed by atoms with Crippen LogP contribution in [0.5, 0.6) is 0 Å². The first-order valence-electron chi connectivity index (χ1n) is 8.08. The third kappa shape index (κ3) is 4.35. The zero-order valence-electron chi connectivity index (χ0n) is 14.0. The van der Waals surface area contributed by atoms with Crippen LogP contribution >= 0.6 is 12.4 Å². The van der Waals surface area contributed by atoms with Crippen molar-refractivity contribution in [2.45, 2.75) is 52.0 Å². The van der Waals surface area contributed by atoms with E-state index in [0.29, 0.717) is 32.1 Å². The maximum atomic E-state index is 12.6. The lowest BCUT2D eigenvalue weighted by Gasteiger charge is -2.30. The van der Waals surface area contributed by atoms with Gasteiger partial charge in [0, 0.05) is 32.6 Å². The first kappa shape index (κ1) is 19.2. The Balaban J connectivity index is 0.00000242. The van der Waals surface area contributed by atoms with E-state index in [1.165, 1.54) is 12.8 Å². The third-order valence-corrected chi connectivity index (χ3v) is 4.87. The van der Waals surface area contributed by atoms with Crippen LogP contribution in [0.15, 0.2) is 0 Å². The number of hydrogen-bond donors (Lipinski definition) is 1. The van der Waals surface area contributed by atoms with E-state index in [4.69, 9.17) is 5.73 Å². The molecule has 6 heteroatoms. The molecular formula is C16H30ClN3O2. The van der Waals surface area contributed by atoms with Crippen LogP contribution in [0.1, 0.15) is 46.0 Å². The molecule has 0 aromatic carbocycles. The van der Waals surface area contributed by atoms with E-state index in [2.05, 4.69) is 13.8 Å². The van der Waals surface area contributed by atoms with Crippen LogP contribution in [0.3, 0.4) is 0 Å². The Morgan fingerprint density at radius 1 is 1.36 bits per heavy atom. The van der Waals surface area contributed by atoms with Crippen molar-refractivity contribution in [3.8, 4) is 0 Å². The molecule has 128 valence electrons. The van der Waals surface area contributed by atoms with Crippen molar-refractivity contribution in [3.63, 3.8) is 0 Å². The minimum atomic E-state index is -0.170. The largest absolute Gasteiger partial charge is 0.345 e.